The van der Waals surface area contributed by atoms with Gasteiger partial charge in [-0.3, -0.25) is 9.52 Å². The molecule has 0 aliphatic carbocycles. The molecule has 0 radical (unpaired) electrons. The van der Waals surface area contributed by atoms with E-state index in [1.807, 2.05) is 6.92 Å². The molecule has 1 fully saturated rings. The zero-order valence-corrected chi connectivity index (χ0v) is 18.0. The van der Waals surface area contributed by atoms with Gasteiger partial charge in [0.05, 0.1) is 10.6 Å². The van der Waals surface area contributed by atoms with E-state index in [2.05, 4.69) is 10.0 Å². The van der Waals surface area contributed by atoms with Crippen LogP contribution in [0, 0.1) is 0 Å². The highest BCUT2D eigenvalue weighted by Crippen LogP contribution is 2.26. The minimum Gasteiger partial charge on any atom is -0.322 e. The van der Waals surface area contributed by atoms with Gasteiger partial charge < -0.3 is 5.32 Å². The zero-order chi connectivity index (χ0) is 21.9. The Hall–Kier alpha value is -2.47. The van der Waals surface area contributed by atoms with Gasteiger partial charge in [0.15, 0.2) is 0 Å². The van der Waals surface area contributed by atoms with Crippen LogP contribution >= 0.6 is 0 Å². The second-order valence-electron chi connectivity index (χ2n) is 7.17. The van der Waals surface area contributed by atoms with Crippen LogP contribution in [-0.2, 0) is 20.2 Å². The molecule has 0 bridgehead atoms. The Kier molecular flexibility index (Phi) is 6.46. The van der Waals surface area contributed by atoms with Crippen LogP contribution in [0.3, 0.4) is 0 Å². The SMILES string of the molecule is CC1CCCCN1S(=O)(=O)c1cccc(C(=O)Nc2cccc(NS(N)(=O)=O)c2)c1. The van der Waals surface area contributed by atoms with Crippen molar-refractivity contribution in [1.29, 1.82) is 0 Å². The number of anilines is 2. The second-order valence-corrected chi connectivity index (χ2v) is 10.4. The lowest BCUT2D eigenvalue weighted by molar-refractivity contribution is 0.102. The molecule has 1 unspecified atom stereocenters. The number of benzene rings is 2. The molecule has 11 heteroatoms. The normalized spacial score (nSPS) is 18.0. The Morgan fingerprint density at radius 1 is 1.03 bits per heavy atom. The summed E-state index contributed by atoms with van der Waals surface area (Å²) in [5.41, 5.74) is 0.683. The monoisotopic (exact) mass is 452 g/mol. The Morgan fingerprint density at radius 3 is 2.43 bits per heavy atom. The number of piperidine rings is 1. The fraction of sp³-hybridized carbons (Fsp3) is 0.316. The highest BCUT2D eigenvalue weighted by atomic mass is 32.2. The molecule has 1 aliphatic rings. The molecule has 2 aromatic carbocycles. The van der Waals surface area contributed by atoms with Gasteiger partial charge in [-0.1, -0.05) is 18.6 Å². The first kappa shape index (κ1) is 22.2. The van der Waals surface area contributed by atoms with Gasteiger partial charge >= 0.3 is 0 Å². The van der Waals surface area contributed by atoms with Crippen molar-refractivity contribution in [3.05, 3.63) is 54.1 Å². The third-order valence-electron chi connectivity index (χ3n) is 4.83. The predicted molar refractivity (Wildman–Crippen MR) is 115 cm³/mol. The summed E-state index contributed by atoms with van der Waals surface area (Å²) in [7, 11) is -7.65. The molecule has 0 aromatic heterocycles. The van der Waals surface area contributed by atoms with Crippen LogP contribution in [0.15, 0.2) is 53.4 Å². The van der Waals surface area contributed by atoms with Crippen LogP contribution in [-0.4, -0.2) is 39.6 Å². The van der Waals surface area contributed by atoms with E-state index in [1.165, 1.54) is 40.7 Å². The Labute approximate surface area is 176 Å². The van der Waals surface area contributed by atoms with Gasteiger partial charge in [-0.15, -0.1) is 0 Å². The largest absolute Gasteiger partial charge is 0.322 e. The van der Waals surface area contributed by atoms with Crippen LogP contribution in [0.1, 0.15) is 36.5 Å². The van der Waals surface area contributed by atoms with E-state index in [9.17, 15) is 21.6 Å². The summed E-state index contributed by atoms with van der Waals surface area (Å²) in [6.45, 7) is 2.35. The summed E-state index contributed by atoms with van der Waals surface area (Å²) in [5, 5.41) is 7.58. The Bertz CT molecular complexity index is 1150. The van der Waals surface area contributed by atoms with Gasteiger partial charge in [0.2, 0.25) is 10.0 Å². The topological polar surface area (TPSA) is 139 Å². The first-order chi connectivity index (χ1) is 14.1. The first-order valence-corrected chi connectivity index (χ1v) is 12.4. The molecule has 1 aliphatic heterocycles. The molecule has 3 rings (SSSR count). The third kappa shape index (κ3) is 5.36. The van der Waals surface area contributed by atoms with Crippen LogP contribution < -0.4 is 15.2 Å². The van der Waals surface area contributed by atoms with Crippen molar-refractivity contribution in [2.75, 3.05) is 16.6 Å². The molecule has 30 heavy (non-hydrogen) atoms. The lowest BCUT2D eigenvalue weighted by atomic mass is 10.1. The van der Waals surface area contributed by atoms with Gasteiger partial charge in [0, 0.05) is 23.8 Å². The number of carbonyl (C=O) groups excluding carboxylic acids is 1. The van der Waals surface area contributed by atoms with Crippen molar-refractivity contribution in [2.24, 2.45) is 5.14 Å². The summed E-state index contributed by atoms with van der Waals surface area (Å²) >= 11 is 0. The molecule has 1 saturated heterocycles. The molecule has 9 nitrogen and oxygen atoms in total. The molecule has 1 amide bonds. The highest BCUT2D eigenvalue weighted by molar-refractivity contribution is 7.90. The molecular weight excluding hydrogens is 428 g/mol. The van der Waals surface area contributed by atoms with Crippen molar-refractivity contribution in [3.8, 4) is 0 Å². The molecule has 162 valence electrons. The van der Waals surface area contributed by atoms with Crippen LogP contribution in [0.25, 0.3) is 0 Å². The standard InChI is InChI=1S/C19H24N4O5S2/c1-14-6-2-3-11-23(14)29(25,26)18-10-4-7-15(12-18)19(24)21-16-8-5-9-17(13-16)22-30(20,27)28/h4-5,7-10,12-14,22H,2-3,6,11H2,1H3,(H,21,24)(H2,20,27,28). The summed E-state index contributed by atoms with van der Waals surface area (Å²) in [6, 6.07) is 11.8. The third-order valence-corrected chi connectivity index (χ3v) is 7.36. The molecule has 1 heterocycles. The quantitative estimate of drug-likeness (QED) is 0.616. The van der Waals surface area contributed by atoms with Gasteiger partial charge in [0.25, 0.3) is 16.1 Å². The maximum absolute atomic E-state index is 13.0. The minimum absolute atomic E-state index is 0.0635. The number of carbonyl (C=O) groups is 1. The van der Waals surface area contributed by atoms with E-state index >= 15 is 0 Å². The van der Waals surface area contributed by atoms with Crippen molar-refractivity contribution in [2.45, 2.75) is 37.1 Å². The maximum atomic E-state index is 13.0. The average Bonchev–Trinajstić information content (AvgIpc) is 2.67. The molecule has 2 aromatic rings. The Morgan fingerprint density at radius 2 is 1.73 bits per heavy atom. The lowest BCUT2D eigenvalue weighted by Crippen LogP contribution is -2.41. The van der Waals surface area contributed by atoms with E-state index < -0.39 is 26.1 Å². The molecule has 0 saturated carbocycles. The second kappa shape index (κ2) is 8.72. The summed E-state index contributed by atoms with van der Waals surface area (Å²) in [5.74, 6) is -0.522. The first-order valence-electron chi connectivity index (χ1n) is 9.40. The molecule has 0 spiro atoms. The highest BCUT2D eigenvalue weighted by Gasteiger charge is 2.31. The molecule has 1 atom stereocenters. The fourth-order valence-corrected chi connectivity index (χ4v) is 5.59. The van der Waals surface area contributed by atoms with E-state index in [0.717, 1.165) is 19.3 Å². The van der Waals surface area contributed by atoms with E-state index in [0.29, 0.717) is 12.2 Å². The number of hydrogen-bond acceptors (Lipinski definition) is 5. The van der Waals surface area contributed by atoms with E-state index in [4.69, 9.17) is 5.14 Å². The molecular formula is C19H24N4O5S2. The van der Waals surface area contributed by atoms with E-state index in [-0.39, 0.29) is 22.2 Å². The smallest absolute Gasteiger partial charge is 0.296 e. The van der Waals surface area contributed by atoms with Crippen molar-refractivity contribution < 1.29 is 21.6 Å². The van der Waals surface area contributed by atoms with Crippen molar-refractivity contribution in [3.63, 3.8) is 0 Å². The maximum Gasteiger partial charge on any atom is 0.296 e. The summed E-state index contributed by atoms with van der Waals surface area (Å²) in [6.07, 6.45) is 2.62. The number of nitrogens with two attached hydrogens (primary N) is 1. The fourth-order valence-electron chi connectivity index (χ4n) is 3.39. The van der Waals surface area contributed by atoms with Crippen LogP contribution in [0.5, 0.6) is 0 Å². The lowest BCUT2D eigenvalue weighted by Gasteiger charge is -2.32. The van der Waals surface area contributed by atoms with Gasteiger partial charge in [-0.05, 0) is 56.2 Å². The zero-order valence-electron chi connectivity index (χ0n) is 16.4. The molecule has 4 N–H and O–H groups in total. The Balaban J connectivity index is 1.81. The van der Waals surface area contributed by atoms with E-state index in [1.54, 1.807) is 12.1 Å². The number of nitrogens with one attached hydrogen (secondary N) is 2. The summed E-state index contributed by atoms with van der Waals surface area (Å²) in [4.78, 5) is 12.7. The minimum atomic E-state index is -3.95. The summed E-state index contributed by atoms with van der Waals surface area (Å²) < 4.78 is 52.0. The van der Waals surface area contributed by atoms with Crippen LogP contribution in [0.4, 0.5) is 11.4 Å². The average molecular weight is 453 g/mol. The number of rotatable bonds is 6. The number of hydrogen-bond donors (Lipinski definition) is 3. The van der Waals surface area contributed by atoms with Crippen LogP contribution in [0.2, 0.25) is 0 Å². The number of sulfonamides is 1. The number of nitrogens with zero attached hydrogens (tertiary/aromatic N) is 1. The van der Waals surface area contributed by atoms with Crippen molar-refractivity contribution >= 4 is 37.5 Å². The van der Waals surface area contributed by atoms with Crippen molar-refractivity contribution in [1.82, 2.24) is 4.31 Å². The van der Waals surface area contributed by atoms with Gasteiger partial charge in [0.1, 0.15) is 0 Å². The predicted octanol–water partition coefficient (Wildman–Crippen LogP) is 2.12. The van der Waals surface area contributed by atoms with Gasteiger partial charge in [-0.2, -0.15) is 12.7 Å². The van der Waals surface area contributed by atoms with Gasteiger partial charge in [-0.25, -0.2) is 13.6 Å². The number of amides is 1.